The van der Waals surface area contributed by atoms with E-state index < -0.39 is 0 Å². The summed E-state index contributed by atoms with van der Waals surface area (Å²) in [5, 5.41) is 1.29. The van der Waals surface area contributed by atoms with E-state index in [2.05, 4.69) is 0 Å². The number of thioether (sulfide) groups is 1. The number of Topliss-reactive ketones (excluding diaryl/α,β-unsaturated/α-hetero) is 1. The summed E-state index contributed by atoms with van der Waals surface area (Å²) < 4.78 is 0. The van der Waals surface area contributed by atoms with Crippen molar-refractivity contribution in [1.82, 2.24) is 0 Å². The van der Waals surface area contributed by atoms with E-state index in [1.54, 1.807) is 18.2 Å². The maximum atomic E-state index is 11.3. The highest BCUT2D eigenvalue weighted by atomic mass is 35.5. The predicted octanol–water partition coefficient (Wildman–Crippen LogP) is 4.45. The smallest absolute Gasteiger partial charge is 0.143 e. The Kier molecular flexibility index (Phi) is 5.51. The Morgan fingerprint density at radius 1 is 1.40 bits per heavy atom. The quantitative estimate of drug-likeness (QED) is 0.730. The molecule has 0 unspecified atom stereocenters. The summed E-state index contributed by atoms with van der Waals surface area (Å²) in [6.07, 6.45) is 1.52. The average Bonchev–Trinajstić information content (AvgIpc) is 2.20. The molecule has 0 fully saturated rings. The molecule has 0 spiro atoms. The highest BCUT2D eigenvalue weighted by molar-refractivity contribution is 8.00. The van der Waals surface area contributed by atoms with E-state index in [1.807, 2.05) is 6.92 Å². The van der Waals surface area contributed by atoms with Gasteiger partial charge < -0.3 is 0 Å². The summed E-state index contributed by atoms with van der Waals surface area (Å²) in [5.41, 5.74) is 0. The van der Waals surface area contributed by atoms with Crippen molar-refractivity contribution in [2.24, 2.45) is 0 Å². The molecule has 0 atom stereocenters. The topological polar surface area (TPSA) is 17.1 Å². The molecule has 4 heteroatoms. The monoisotopic (exact) mass is 262 g/mol. The standard InChI is InChI=1S/C11H12Cl2OS/c1-2-3-9(14)7-15-11-6-8(12)4-5-10(11)13/h4-6H,2-3,7H2,1H3. The molecular formula is C11H12Cl2OS. The van der Waals surface area contributed by atoms with Gasteiger partial charge in [-0.3, -0.25) is 4.79 Å². The van der Waals surface area contributed by atoms with E-state index in [4.69, 9.17) is 23.2 Å². The third kappa shape index (κ3) is 4.45. The van der Waals surface area contributed by atoms with Gasteiger partial charge in [0, 0.05) is 16.3 Å². The van der Waals surface area contributed by atoms with Gasteiger partial charge in [0.05, 0.1) is 10.8 Å². The summed E-state index contributed by atoms with van der Waals surface area (Å²) in [6, 6.07) is 5.27. The molecule has 1 rings (SSSR count). The van der Waals surface area contributed by atoms with Crippen LogP contribution in [0.4, 0.5) is 0 Å². The first-order valence-corrected chi connectivity index (χ1v) is 6.47. The highest BCUT2D eigenvalue weighted by Gasteiger charge is 2.05. The van der Waals surface area contributed by atoms with Crippen LogP contribution in [0.3, 0.4) is 0 Å². The molecule has 0 saturated heterocycles. The number of ketones is 1. The lowest BCUT2D eigenvalue weighted by atomic mass is 10.3. The Morgan fingerprint density at radius 2 is 2.13 bits per heavy atom. The average molecular weight is 263 g/mol. The van der Waals surface area contributed by atoms with Crippen LogP contribution < -0.4 is 0 Å². The van der Waals surface area contributed by atoms with E-state index in [0.29, 0.717) is 22.2 Å². The number of hydrogen-bond acceptors (Lipinski definition) is 2. The molecule has 0 aromatic heterocycles. The zero-order valence-corrected chi connectivity index (χ0v) is 10.8. The van der Waals surface area contributed by atoms with Crippen molar-refractivity contribution in [1.29, 1.82) is 0 Å². The molecule has 0 heterocycles. The van der Waals surface area contributed by atoms with Crippen LogP contribution in [0.1, 0.15) is 19.8 Å². The third-order valence-corrected chi connectivity index (χ3v) is 3.60. The second-order valence-electron chi connectivity index (χ2n) is 3.15. The van der Waals surface area contributed by atoms with Gasteiger partial charge in [-0.2, -0.15) is 0 Å². The van der Waals surface area contributed by atoms with Gasteiger partial charge >= 0.3 is 0 Å². The summed E-state index contributed by atoms with van der Waals surface area (Å²) in [7, 11) is 0. The van der Waals surface area contributed by atoms with Gasteiger partial charge in [0.1, 0.15) is 5.78 Å². The normalized spacial score (nSPS) is 10.3. The Morgan fingerprint density at radius 3 is 2.80 bits per heavy atom. The number of benzene rings is 1. The Labute approximate surface area is 104 Å². The largest absolute Gasteiger partial charge is 0.299 e. The van der Waals surface area contributed by atoms with Crippen molar-refractivity contribution in [3.05, 3.63) is 28.2 Å². The number of hydrogen-bond donors (Lipinski definition) is 0. The van der Waals surface area contributed by atoms with E-state index in [1.165, 1.54) is 11.8 Å². The molecule has 0 aliphatic carbocycles. The van der Waals surface area contributed by atoms with Crippen LogP contribution in [0, 0.1) is 0 Å². The Balaban J connectivity index is 2.57. The summed E-state index contributed by atoms with van der Waals surface area (Å²) in [4.78, 5) is 12.2. The van der Waals surface area contributed by atoms with Crippen molar-refractivity contribution in [3.63, 3.8) is 0 Å². The number of carbonyl (C=O) groups is 1. The van der Waals surface area contributed by atoms with Crippen LogP contribution in [-0.2, 0) is 4.79 Å². The molecule has 1 aromatic carbocycles. The summed E-state index contributed by atoms with van der Waals surface area (Å²) in [6.45, 7) is 1.99. The molecule has 82 valence electrons. The minimum Gasteiger partial charge on any atom is -0.299 e. The number of carbonyl (C=O) groups excluding carboxylic acids is 1. The fraction of sp³-hybridized carbons (Fsp3) is 0.364. The van der Waals surface area contributed by atoms with Gasteiger partial charge in [0.2, 0.25) is 0 Å². The maximum absolute atomic E-state index is 11.3. The van der Waals surface area contributed by atoms with Crippen molar-refractivity contribution in [2.45, 2.75) is 24.7 Å². The lowest BCUT2D eigenvalue weighted by molar-refractivity contribution is -0.116. The first-order valence-electron chi connectivity index (χ1n) is 4.73. The fourth-order valence-electron chi connectivity index (χ4n) is 1.10. The van der Waals surface area contributed by atoms with E-state index in [9.17, 15) is 4.79 Å². The molecule has 0 radical (unpaired) electrons. The van der Waals surface area contributed by atoms with Gasteiger partial charge in [-0.25, -0.2) is 0 Å². The molecule has 1 nitrogen and oxygen atoms in total. The molecule has 0 saturated carbocycles. The molecule has 0 bridgehead atoms. The minimum absolute atomic E-state index is 0.249. The highest BCUT2D eigenvalue weighted by Crippen LogP contribution is 2.29. The van der Waals surface area contributed by atoms with Crippen molar-refractivity contribution in [2.75, 3.05) is 5.75 Å². The minimum atomic E-state index is 0.249. The van der Waals surface area contributed by atoms with Crippen molar-refractivity contribution in [3.8, 4) is 0 Å². The lowest BCUT2D eigenvalue weighted by Crippen LogP contribution is -1.99. The Bertz CT molecular complexity index is 352. The zero-order valence-electron chi connectivity index (χ0n) is 8.43. The van der Waals surface area contributed by atoms with Gasteiger partial charge in [0.25, 0.3) is 0 Å². The molecular weight excluding hydrogens is 251 g/mol. The van der Waals surface area contributed by atoms with E-state index >= 15 is 0 Å². The van der Waals surface area contributed by atoms with E-state index in [0.717, 1.165) is 11.3 Å². The SMILES string of the molecule is CCCC(=O)CSc1cc(Cl)ccc1Cl. The molecule has 0 amide bonds. The van der Waals surface area contributed by atoms with Gasteiger partial charge in [-0.05, 0) is 24.6 Å². The second kappa shape index (κ2) is 6.41. The first kappa shape index (κ1) is 12.9. The van der Waals surface area contributed by atoms with Gasteiger partial charge in [-0.15, -0.1) is 11.8 Å². The van der Waals surface area contributed by atoms with E-state index in [-0.39, 0.29) is 5.78 Å². The van der Waals surface area contributed by atoms with Crippen molar-refractivity contribution >= 4 is 40.7 Å². The van der Waals surface area contributed by atoms with Crippen LogP contribution in [0.25, 0.3) is 0 Å². The predicted molar refractivity (Wildman–Crippen MR) is 67.1 cm³/mol. The van der Waals surface area contributed by atoms with Crippen LogP contribution in [0.15, 0.2) is 23.1 Å². The first-order chi connectivity index (χ1) is 7.13. The summed E-state index contributed by atoms with van der Waals surface area (Å²) >= 11 is 13.2. The van der Waals surface area contributed by atoms with Crippen LogP contribution >= 0.6 is 35.0 Å². The zero-order chi connectivity index (χ0) is 11.3. The van der Waals surface area contributed by atoms with Crippen LogP contribution in [0.5, 0.6) is 0 Å². The van der Waals surface area contributed by atoms with Crippen LogP contribution in [-0.4, -0.2) is 11.5 Å². The maximum Gasteiger partial charge on any atom is 0.143 e. The van der Waals surface area contributed by atoms with Crippen molar-refractivity contribution < 1.29 is 4.79 Å². The van der Waals surface area contributed by atoms with Gasteiger partial charge in [0.15, 0.2) is 0 Å². The third-order valence-electron chi connectivity index (χ3n) is 1.81. The van der Waals surface area contributed by atoms with Gasteiger partial charge in [-0.1, -0.05) is 30.1 Å². The van der Waals surface area contributed by atoms with Crippen LogP contribution in [0.2, 0.25) is 10.0 Å². The molecule has 0 aliphatic heterocycles. The molecule has 0 aliphatic rings. The number of rotatable bonds is 5. The second-order valence-corrected chi connectivity index (χ2v) is 5.01. The molecule has 0 N–H and O–H groups in total. The summed E-state index contributed by atoms with van der Waals surface area (Å²) in [5.74, 6) is 0.715. The molecule has 15 heavy (non-hydrogen) atoms. The molecule has 1 aromatic rings. The lowest BCUT2D eigenvalue weighted by Gasteiger charge is -2.03. The fourth-order valence-corrected chi connectivity index (χ4v) is 2.49. The number of halogens is 2. The Hall–Kier alpha value is -0.180.